The second-order valence-corrected chi connectivity index (χ2v) is 4.29. The van der Waals surface area contributed by atoms with E-state index in [2.05, 4.69) is 23.9 Å². The molecule has 0 bridgehead atoms. The minimum atomic E-state index is 0.336. The third-order valence-corrected chi connectivity index (χ3v) is 2.47. The predicted molar refractivity (Wildman–Crippen MR) is 65.3 cm³/mol. The minimum absolute atomic E-state index is 0.336. The summed E-state index contributed by atoms with van der Waals surface area (Å²) in [5.41, 5.74) is 7.57. The number of nitrogen functional groups attached to an aromatic ring is 1. The van der Waals surface area contributed by atoms with Crippen LogP contribution in [0.5, 0.6) is 0 Å². The Kier molecular flexibility index (Phi) is 2.83. The highest BCUT2D eigenvalue weighted by Crippen LogP contribution is 2.24. The molecule has 0 aliphatic carbocycles. The quantitative estimate of drug-likeness (QED) is 0.816. The summed E-state index contributed by atoms with van der Waals surface area (Å²) in [6.45, 7) is 4.15. The maximum absolute atomic E-state index is 5.85. The van der Waals surface area contributed by atoms with Crippen molar-refractivity contribution in [2.75, 3.05) is 5.73 Å². The second-order valence-electron chi connectivity index (χ2n) is 3.91. The van der Waals surface area contributed by atoms with Gasteiger partial charge in [0, 0.05) is 17.8 Å². The Labute approximate surface area is 99.1 Å². The molecule has 2 aromatic heterocycles. The predicted octanol–water partition coefficient (Wildman–Crippen LogP) is 2.76. The molecule has 0 aliphatic rings. The van der Waals surface area contributed by atoms with Gasteiger partial charge in [-0.15, -0.1) is 0 Å². The van der Waals surface area contributed by atoms with Crippen LogP contribution < -0.4 is 5.73 Å². The molecule has 2 N–H and O–H groups in total. The van der Waals surface area contributed by atoms with Crippen LogP contribution in [0.1, 0.15) is 19.9 Å². The Morgan fingerprint density at radius 3 is 2.62 bits per heavy atom. The van der Waals surface area contributed by atoms with E-state index in [-0.39, 0.29) is 0 Å². The number of hydrogen-bond acceptors (Lipinski definition) is 3. The SMILES string of the molecule is CC(C)n1cc(-c2cc(N)nc(Cl)c2)cn1. The molecule has 0 saturated carbocycles. The largest absolute Gasteiger partial charge is 0.384 e. The van der Waals surface area contributed by atoms with Gasteiger partial charge in [-0.1, -0.05) is 11.6 Å². The van der Waals surface area contributed by atoms with Crippen molar-refractivity contribution >= 4 is 17.4 Å². The van der Waals surface area contributed by atoms with Crippen LogP contribution in [-0.2, 0) is 0 Å². The Hall–Kier alpha value is -1.55. The average Bonchev–Trinajstić information content (AvgIpc) is 2.64. The Morgan fingerprint density at radius 2 is 2.06 bits per heavy atom. The molecule has 0 spiro atoms. The summed E-state index contributed by atoms with van der Waals surface area (Å²) in [4.78, 5) is 3.92. The number of rotatable bonds is 2. The summed E-state index contributed by atoms with van der Waals surface area (Å²) in [5.74, 6) is 0.416. The van der Waals surface area contributed by atoms with Gasteiger partial charge in [-0.3, -0.25) is 4.68 Å². The molecule has 0 aromatic carbocycles. The Bertz CT molecular complexity index is 484. The van der Waals surface area contributed by atoms with Crippen molar-refractivity contribution in [2.45, 2.75) is 19.9 Å². The van der Waals surface area contributed by atoms with Gasteiger partial charge in [0.25, 0.3) is 0 Å². The van der Waals surface area contributed by atoms with Crippen molar-refractivity contribution in [3.63, 3.8) is 0 Å². The van der Waals surface area contributed by atoms with Crippen molar-refractivity contribution < 1.29 is 0 Å². The third kappa shape index (κ3) is 2.17. The highest BCUT2D eigenvalue weighted by Gasteiger charge is 2.06. The van der Waals surface area contributed by atoms with E-state index in [1.165, 1.54) is 0 Å². The van der Waals surface area contributed by atoms with Gasteiger partial charge in [-0.05, 0) is 31.5 Å². The van der Waals surface area contributed by atoms with Crippen LogP contribution >= 0.6 is 11.6 Å². The molecule has 16 heavy (non-hydrogen) atoms. The molecule has 0 aliphatic heterocycles. The Morgan fingerprint density at radius 1 is 1.31 bits per heavy atom. The van der Waals surface area contributed by atoms with E-state index < -0.39 is 0 Å². The van der Waals surface area contributed by atoms with Gasteiger partial charge in [-0.25, -0.2) is 4.98 Å². The molecule has 2 aromatic rings. The lowest BCUT2D eigenvalue weighted by Gasteiger charge is -2.03. The van der Waals surface area contributed by atoms with E-state index in [9.17, 15) is 0 Å². The summed E-state index contributed by atoms with van der Waals surface area (Å²) in [6, 6.07) is 3.90. The fourth-order valence-electron chi connectivity index (χ4n) is 1.45. The molecule has 2 rings (SSSR count). The molecule has 5 heteroatoms. The molecule has 0 atom stereocenters. The zero-order valence-corrected chi connectivity index (χ0v) is 9.94. The summed E-state index contributed by atoms with van der Waals surface area (Å²) in [6.07, 6.45) is 3.76. The van der Waals surface area contributed by atoms with Crippen LogP contribution in [0.2, 0.25) is 5.15 Å². The number of pyridine rings is 1. The lowest BCUT2D eigenvalue weighted by Crippen LogP contribution is -1.99. The van der Waals surface area contributed by atoms with E-state index in [0.29, 0.717) is 17.0 Å². The summed E-state index contributed by atoms with van der Waals surface area (Å²) in [7, 11) is 0. The van der Waals surface area contributed by atoms with Crippen molar-refractivity contribution in [3.05, 3.63) is 29.7 Å². The van der Waals surface area contributed by atoms with Gasteiger partial charge >= 0.3 is 0 Å². The smallest absolute Gasteiger partial charge is 0.132 e. The van der Waals surface area contributed by atoms with Gasteiger partial charge < -0.3 is 5.73 Å². The molecule has 0 fully saturated rings. The maximum atomic E-state index is 5.85. The van der Waals surface area contributed by atoms with Crippen molar-refractivity contribution in [3.8, 4) is 11.1 Å². The number of anilines is 1. The molecule has 0 radical (unpaired) electrons. The first-order chi connectivity index (χ1) is 7.56. The molecular weight excluding hydrogens is 224 g/mol. The molecule has 0 saturated heterocycles. The first kappa shape index (κ1) is 11.0. The van der Waals surface area contributed by atoms with Crippen LogP contribution in [0.15, 0.2) is 24.5 Å². The first-order valence-corrected chi connectivity index (χ1v) is 5.41. The van der Waals surface area contributed by atoms with Crippen LogP contribution in [0.4, 0.5) is 5.82 Å². The van der Waals surface area contributed by atoms with Gasteiger partial charge in [0.1, 0.15) is 11.0 Å². The number of hydrogen-bond donors (Lipinski definition) is 1. The summed E-state index contributed by atoms with van der Waals surface area (Å²) in [5, 5.41) is 4.66. The molecule has 0 amide bonds. The number of nitrogens with two attached hydrogens (primary N) is 1. The fraction of sp³-hybridized carbons (Fsp3) is 0.273. The molecule has 4 nitrogen and oxygen atoms in total. The van der Waals surface area contributed by atoms with E-state index in [0.717, 1.165) is 11.1 Å². The van der Waals surface area contributed by atoms with Crippen molar-refractivity contribution in [1.29, 1.82) is 0 Å². The van der Waals surface area contributed by atoms with E-state index >= 15 is 0 Å². The number of halogens is 1. The number of nitrogens with zero attached hydrogens (tertiary/aromatic N) is 3. The highest BCUT2D eigenvalue weighted by atomic mass is 35.5. The topological polar surface area (TPSA) is 56.7 Å². The summed E-state index contributed by atoms with van der Waals surface area (Å²) >= 11 is 5.85. The maximum Gasteiger partial charge on any atom is 0.132 e. The second kappa shape index (κ2) is 4.14. The third-order valence-electron chi connectivity index (χ3n) is 2.28. The van der Waals surface area contributed by atoms with Crippen LogP contribution in [0.3, 0.4) is 0 Å². The average molecular weight is 237 g/mol. The lowest BCUT2D eigenvalue weighted by atomic mass is 10.1. The first-order valence-electron chi connectivity index (χ1n) is 5.04. The van der Waals surface area contributed by atoms with Gasteiger partial charge in [0.15, 0.2) is 0 Å². The standard InChI is InChI=1S/C11H13ClN4/c1-7(2)16-6-9(5-14-16)8-3-10(12)15-11(13)4-8/h3-7H,1-2H3,(H2,13,15). The molecule has 2 heterocycles. The summed E-state index contributed by atoms with van der Waals surface area (Å²) < 4.78 is 1.89. The van der Waals surface area contributed by atoms with Crippen LogP contribution in [0, 0.1) is 0 Å². The number of aromatic nitrogens is 3. The van der Waals surface area contributed by atoms with E-state index in [1.54, 1.807) is 18.3 Å². The van der Waals surface area contributed by atoms with Crippen LogP contribution in [0.25, 0.3) is 11.1 Å². The molecular formula is C11H13ClN4. The normalized spacial score (nSPS) is 11.0. The fourth-order valence-corrected chi connectivity index (χ4v) is 1.67. The van der Waals surface area contributed by atoms with Crippen LogP contribution in [-0.4, -0.2) is 14.8 Å². The zero-order chi connectivity index (χ0) is 11.7. The van der Waals surface area contributed by atoms with E-state index in [4.69, 9.17) is 17.3 Å². The molecule has 84 valence electrons. The van der Waals surface area contributed by atoms with Crippen molar-refractivity contribution in [2.24, 2.45) is 0 Å². The van der Waals surface area contributed by atoms with E-state index in [1.807, 2.05) is 10.9 Å². The molecule has 0 unspecified atom stereocenters. The van der Waals surface area contributed by atoms with Gasteiger partial charge in [0.05, 0.1) is 6.20 Å². The van der Waals surface area contributed by atoms with Gasteiger partial charge in [0.2, 0.25) is 0 Å². The lowest BCUT2D eigenvalue weighted by molar-refractivity contribution is 0.532. The monoisotopic (exact) mass is 236 g/mol. The highest BCUT2D eigenvalue weighted by molar-refractivity contribution is 6.29. The van der Waals surface area contributed by atoms with Gasteiger partial charge in [-0.2, -0.15) is 5.10 Å². The van der Waals surface area contributed by atoms with Crippen molar-refractivity contribution in [1.82, 2.24) is 14.8 Å². The minimum Gasteiger partial charge on any atom is -0.384 e. The Balaban J connectivity index is 2.42. The zero-order valence-electron chi connectivity index (χ0n) is 9.18.